The minimum Gasteiger partial charge on any atom is -0.449 e. The average molecular weight is 583 g/mol. The van der Waals surface area contributed by atoms with Gasteiger partial charge in [-0.1, -0.05) is 20.8 Å². The zero-order valence-corrected chi connectivity index (χ0v) is 24.5. The van der Waals surface area contributed by atoms with Crippen molar-refractivity contribution in [3.05, 3.63) is 29.2 Å². The molecule has 0 unspecified atom stereocenters. The lowest BCUT2D eigenvalue weighted by atomic mass is 9.81. The van der Waals surface area contributed by atoms with Crippen LogP contribution in [0.15, 0.2) is 16.5 Å². The van der Waals surface area contributed by atoms with Crippen molar-refractivity contribution in [2.24, 2.45) is 0 Å². The van der Waals surface area contributed by atoms with Crippen molar-refractivity contribution >= 4 is 38.8 Å². The molecule has 10 nitrogen and oxygen atoms in total. The van der Waals surface area contributed by atoms with Gasteiger partial charge in [0.05, 0.1) is 0 Å². The van der Waals surface area contributed by atoms with E-state index in [0.717, 1.165) is 10.5 Å². The molecule has 0 radical (unpaired) electrons. The molecular weight excluding hydrogens is 546 g/mol. The summed E-state index contributed by atoms with van der Waals surface area (Å²) in [6, 6.07) is 3.39. The summed E-state index contributed by atoms with van der Waals surface area (Å²) in [7, 11) is -2.71. The molecule has 2 aromatic heterocycles. The molecule has 1 saturated heterocycles. The molecule has 1 saturated carbocycles. The second-order valence-electron chi connectivity index (χ2n) is 12.1. The van der Waals surface area contributed by atoms with E-state index in [2.05, 4.69) is 0 Å². The maximum Gasteiger partial charge on any atom is 0.290 e. The molecule has 1 N–H and O–H groups in total. The summed E-state index contributed by atoms with van der Waals surface area (Å²) < 4.78 is 59.3. The van der Waals surface area contributed by atoms with Crippen molar-refractivity contribution in [1.82, 2.24) is 19.5 Å². The standard InChI is InChI=1S/C27H36F2N4O6S/c1-25(2,3)17-13-18(16-7-9-27(28,29)10-8-16)31-19-14-20(39-22(17)19)23(35)33-12-11-32(24(36)26(33,4)5)21(34)15-40(37,38)30-6/h13-14,16,30H,7-12,15H2,1-6H3. The summed E-state index contributed by atoms with van der Waals surface area (Å²) in [6.45, 7) is 8.72. The first-order chi connectivity index (χ1) is 18.4. The Balaban J connectivity index is 1.64. The smallest absolute Gasteiger partial charge is 0.290 e. The Labute approximate surface area is 232 Å². The Hall–Kier alpha value is -2.93. The van der Waals surface area contributed by atoms with Gasteiger partial charge < -0.3 is 9.32 Å². The molecule has 220 valence electrons. The molecule has 2 fully saturated rings. The van der Waals surface area contributed by atoms with Crippen LogP contribution in [0.1, 0.15) is 88.0 Å². The first kappa shape index (κ1) is 30.0. The highest BCUT2D eigenvalue weighted by atomic mass is 32.2. The van der Waals surface area contributed by atoms with Crippen molar-refractivity contribution in [3.8, 4) is 0 Å². The summed E-state index contributed by atoms with van der Waals surface area (Å²) in [5.74, 6) is -5.88. The topological polar surface area (TPSA) is 130 Å². The average Bonchev–Trinajstić information content (AvgIpc) is 3.28. The summed E-state index contributed by atoms with van der Waals surface area (Å²) in [4.78, 5) is 46.3. The molecule has 0 bridgehead atoms. The van der Waals surface area contributed by atoms with Crippen molar-refractivity contribution in [2.45, 2.75) is 83.1 Å². The van der Waals surface area contributed by atoms with Gasteiger partial charge in [0, 0.05) is 49.2 Å². The van der Waals surface area contributed by atoms with Gasteiger partial charge in [-0.25, -0.2) is 26.9 Å². The van der Waals surface area contributed by atoms with Crippen LogP contribution in [0.4, 0.5) is 8.78 Å². The number of carbonyl (C=O) groups excluding carboxylic acids is 3. The van der Waals surface area contributed by atoms with Crippen LogP contribution in [-0.4, -0.2) is 78.3 Å². The lowest BCUT2D eigenvalue weighted by Crippen LogP contribution is -2.66. The van der Waals surface area contributed by atoms with E-state index >= 15 is 0 Å². The number of hydrogen-bond acceptors (Lipinski definition) is 7. The van der Waals surface area contributed by atoms with Gasteiger partial charge in [0.2, 0.25) is 21.9 Å². The number of aromatic nitrogens is 1. The Morgan fingerprint density at radius 1 is 1.15 bits per heavy atom. The fraction of sp³-hybridized carbons (Fsp3) is 0.630. The molecule has 2 aliphatic rings. The number of alkyl halides is 2. The van der Waals surface area contributed by atoms with Gasteiger partial charge in [-0.3, -0.25) is 19.3 Å². The molecule has 4 rings (SSSR count). The van der Waals surface area contributed by atoms with Crippen LogP contribution < -0.4 is 4.72 Å². The number of amides is 3. The molecule has 40 heavy (non-hydrogen) atoms. The molecule has 13 heteroatoms. The second-order valence-corrected chi connectivity index (χ2v) is 14.1. The number of nitrogens with one attached hydrogen (secondary N) is 1. The highest BCUT2D eigenvalue weighted by molar-refractivity contribution is 7.90. The van der Waals surface area contributed by atoms with Crippen LogP contribution in [0.2, 0.25) is 0 Å². The van der Waals surface area contributed by atoms with Gasteiger partial charge in [0.1, 0.15) is 16.8 Å². The van der Waals surface area contributed by atoms with Crippen molar-refractivity contribution < 1.29 is 36.0 Å². The van der Waals surface area contributed by atoms with Crippen LogP contribution >= 0.6 is 0 Å². The molecule has 3 amide bonds. The molecule has 0 atom stereocenters. The summed E-state index contributed by atoms with van der Waals surface area (Å²) >= 11 is 0. The zero-order chi connectivity index (χ0) is 29.8. The van der Waals surface area contributed by atoms with Crippen LogP contribution in [-0.2, 0) is 25.0 Å². The minimum absolute atomic E-state index is 0.0267. The highest BCUT2D eigenvalue weighted by Gasteiger charge is 2.47. The first-order valence-corrected chi connectivity index (χ1v) is 14.9. The van der Waals surface area contributed by atoms with Gasteiger partial charge in [0.25, 0.3) is 11.8 Å². The maximum atomic E-state index is 13.8. The van der Waals surface area contributed by atoms with Crippen molar-refractivity contribution in [2.75, 3.05) is 25.9 Å². The van der Waals surface area contributed by atoms with E-state index in [0.29, 0.717) is 29.6 Å². The van der Waals surface area contributed by atoms with E-state index in [4.69, 9.17) is 9.40 Å². The van der Waals surface area contributed by atoms with E-state index in [-0.39, 0.29) is 37.6 Å². The lowest BCUT2D eigenvalue weighted by molar-refractivity contribution is -0.154. The van der Waals surface area contributed by atoms with E-state index in [1.165, 1.54) is 31.9 Å². The van der Waals surface area contributed by atoms with Gasteiger partial charge in [-0.15, -0.1) is 0 Å². The normalized spacial score (nSPS) is 20.2. The number of hydrogen-bond donors (Lipinski definition) is 1. The Morgan fingerprint density at radius 2 is 1.77 bits per heavy atom. The van der Waals surface area contributed by atoms with Crippen LogP contribution in [0.5, 0.6) is 0 Å². The Kier molecular flexibility index (Phi) is 7.63. The second kappa shape index (κ2) is 10.2. The third kappa shape index (κ3) is 5.76. The largest absolute Gasteiger partial charge is 0.449 e. The molecular formula is C27H36F2N4O6S. The number of sulfonamides is 1. The number of rotatable bonds is 5. The number of pyridine rings is 1. The van der Waals surface area contributed by atoms with Crippen LogP contribution in [0.25, 0.3) is 11.1 Å². The quantitative estimate of drug-likeness (QED) is 0.571. The molecule has 1 aliphatic carbocycles. The number of fused-ring (bicyclic) bond motifs is 1. The first-order valence-electron chi connectivity index (χ1n) is 13.3. The van der Waals surface area contributed by atoms with Crippen molar-refractivity contribution in [3.63, 3.8) is 0 Å². The number of carbonyl (C=O) groups is 3. The van der Waals surface area contributed by atoms with Crippen molar-refractivity contribution in [1.29, 1.82) is 0 Å². The minimum atomic E-state index is -3.88. The molecule has 1 aliphatic heterocycles. The predicted molar refractivity (Wildman–Crippen MR) is 144 cm³/mol. The summed E-state index contributed by atoms with van der Waals surface area (Å²) in [5.41, 5.74) is 0.454. The fourth-order valence-electron chi connectivity index (χ4n) is 5.32. The number of halogens is 2. The summed E-state index contributed by atoms with van der Waals surface area (Å²) in [5, 5.41) is 0. The number of furan rings is 1. The van der Waals surface area contributed by atoms with E-state index in [1.807, 2.05) is 31.6 Å². The zero-order valence-electron chi connectivity index (χ0n) is 23.6. The van der Waals surface area contributed by atoms with Gasteiger partial charge >= 0.3 is 0 Å². The SMILES string of the molecule is CNS(=O)(=O)CC(=O)N1CCN(C(=O)c2cc3nc(C4CCC(F)(F)CC4)cc(C(C)(C)C)c3o2)C(C)(C)C1=O. The van der Waals surface area contributed by atoms with E-state index in [9.17, 15) is 31.6 Å². The molecule has 0 aromatic carbocycles. The maximum absolute atomic E-state index is 13.8. The third-order valence-corrected chi connectivity index (χ3v) is 9.06. The monoisotopic (exact) mass is 582 g/mol. The predicted octanol–water partition coefficient (Wildman–Crippen LogP) is 3.56. The Bertz CT molecular complexity index is 1450. The molecule has 2 aromatic rings. The van der Waals surface area contributed by atoms with E-state index < -0.39 is 50.4 Å². The number of nitrogens with zero attached hydrogens (tertiary/aromatic N) is 3. The van der Waals surface area contributed by atoms with Gasteiger partial charge in [-0.2, -0.15) is 0 Å². The Morgan fingerprint density at radius 3 is 2.35 bits per heavy atom. The molecule has 3 heterocycles. The summed E-state index contributed by atoms with van der Waals surface area (Å²) in [6.07, 6.45) is 0.229. The lowest BCUT2D eigenvalue weighted by Gasteiger charge is -2.44. The van der Waals surface area contributed by atoms with E-state index in [1.54, 1.807) is 0 Å². The third-order valence-electron chi connectivity index (χ3n) is 7.81. The van der Waals surface area contributed by atoms with Crippen LogP contribution in [0, 0.1) is 0 Å². The highest BCUT2D eigenvalue weighted by Crippen LogP contribution is 2.42. The van der Waals surface area contributed by atoms with Crippen LogP contribution in [0.3, 0.4) is 0 Å². The fourth-order valence-corrected chi connectivity index (χ4v) is 5.94. The number of piperazine rings is 1. The van der Waals surface area contributed by atoms with Gasteiger partial charge in [0.15, 0.2) is 11.3 Å². The molecule has 0 spiro atoms. The van der Waals surface area contributed by atoms with Gasteiger partial charge in [-0.05, 0) is 45.2 Å². The number of imide groups is 1.